The van der Waals surface area contributed by atoms with E-state index in [0.717, 1.165) is 23.4 Å². The van der Waals surface area contributed by atoms with Gasteiger partial charge in [0.05, 0.1) is 0 Å². The maximum atomic E-state index is 12.6. The largest absolute Gasteiger partial charge is 0.339 e. The molecule has 0 radical (unpaired) electrons. The first-order valence-electron chi connectivity index (χ1n) is 7.28. The number of rotatable bonds is 2. The molecule has 1 aliphatic heterocycles. The average molecular weight is 320 g/mol. The summed E-state index contributed by atoms with van der Waals surface area (Å²) in [4.78, 5) is 14.8. The van der Waals surface area contributed by atoms with Crippen LogP contribution in [0.25, 0.3) is 0 Å². The lowest BCUT2D eigenvalue weighted by molar-refractivity contribution is -0.134. The topological polar surface area (TPSA) is 20.3 Å². The standard InChI is InChI=1S/C16H18BrNO/c17-12-3-1-2-11(7-12)14-8-15(14)16(19)18-9-10-4-5-13(18)6-10/h1-3,7,10,13-15H,4-6,8-9H2/t10-,13-,14+,15+/m0/s1. The molecule has 1 aromatic rings. The third-order valence-electron chi connectivity index (χ3n) is 5.08. The van der Waals surface area contributed by atoms with Gasteiger partial charge in [0.2, 0.25) is 5.91 Å². The number of carbonyl (C=O) groups is 1. The lowest BCUT2D eigenvalue weighted by Gasteiger charge is -2.27. The van der Waals surface area contributed by atoms with Crippen molar-refractivity contribution in [3.05, 3.63) is 34.3 Å². The van der Waals surface area contributed by atoms with Crippen LogP contribution in [0.1, 0.15) is 37.2 Å². The quantitative estimate of drug-likeness (QED) is 0.816. The lowest BCUT2D eigenvalue weighted by Crippen LogP contribution is -2.38. The Balaban J connectivity index is 1.46. The van der Waals surface area contributed by atoms with Gasteiger partial charge in [-0.3, -0.25) is 4.79 Å². The van der Waals surface area contributed by atoms with Crippen molar-refractivity contribution in [3.8, 4) is 0 Å². The fourth-order valence-electron chi connectivity index (χ4n) is 3.98. The number of fused-ring (bicyclic) bond motifs is 2. The van der Waals surface area contributed by atoms with Crippen LogP contribution in [-0.2, 0) is 4.79 Å². The smallest absolute Gasteiger partial charge is 0.226 e. The Labute approximate surface area is 122 Å². The molecule has 3 fully saturated rings. The number of hydrogen-bond donors (Lipinski definition) is 0. The molecule has 2 aliphatic carbocycles. The van der Waals surface area contributed by atoms with E-state index in [2.05, 4.69) is 39.0 Å². The van der Waals surface area contributed by atoms with Gasteiger partial charge in [0.15, 0.2) is 0 Å². The molecule has 1 saturated heterocycles. The second-order valence-electron chi connectivity index (χ2n) is 6.33. The molecule has 3 heteroatoms. The van der Waals surface area contributed by atoms with E-state index in [0.29, 0.717) is 17.9 Å². The Bertz CT molecular complexity index is 529. The molecule has 19 heavy (non-hydrogen) atoms. The number of carbonyl (C=O) groups excluding carboxylic acids is 1. The van der Waals surface area contributed by atoms with Gasteiger partial charge in [0.25, 0.3) is 0 Å². The van der Waals surface area contributed by atoms with Crippen LogP contribution in [-0.4, -0.2) is 23.4 Å². The average Bonchev–Trinajstić information content (AvgIpc) is 2.93. The second-order valence-corrected chi connectivity index (χ2v) is 7.24. The van der Waals surface area contributed by atoms with E-state index in [1.807, 2.05) is 6.07 Å². The van der Waals surface area contributed by atoms with Crippen LogP contribution in [0.15, 0.2) is 28.7 Å². The molecule has 2 saturated carbocycles. The summed E-state index contributed by atoms with van der Waals surface area (Å²) < 4.78 is 1.11. The summed E-state index contributed by atoms with van der Waals surface area (Å²) in [6.45, 7) is 1.03. The minimum Gasteiger partial charge on any atom is -0.339 e. The van der Waals surface area contributed by atoms with Gasteiger partial charge in [-0.25, -0.2) is 0 Å². The molecule has 3 aliphatic rings. The fraction of sp³-hybridized carbons (Fsp3) is 0.562. The summed E-state index contributed by atoms with van der Waals surface area (Å²) in [7, 11) is 0. The van der Waals surface area contributed by atoms with E-state index in [9.17, 15) is 4.79 Å². The van der Waals surface area contributed by atoms with E-state index in [1.165, 1.54) is 24.8 Å². The highest BCUT2D eigenvalue weighted by molar-refractivity contribution is 9.10. The first kappa shape index (κ1) is 12.0. The molecule has 4 atom stereocenters. The summed E-state index contributed by atoms with van der Waals surface area (Å²) in [5, 5.41) is 0. The summed E-state index contributed by atoms with van der Waals surface area (Å²) in [5.74, 6) is 1.95. The molecule has 0 aromatic heterocycles. The van der Waals surface area contributed by atoms with Gasteiger partial charge in [0, 0.05) is 23.0 Å². The molecule has 0 spiro atoms. The van der Waals surface area contributed by atoms with Crippen LogP contribution < -0.4 is 0 Å². The molecule has 4 rings (SSSR count). The van der Waals surface area contributed by atoms with Crippen molar-refractivity contribution in [2.75, 3.05) is 6.54 Å². The van der Waals surface area contributed by atoms with Gasteiger partial charge >= 0.3 is 0 Å². The van der Waals surface area contributed by atoms with E-state index >= 15 is 0 Å². The minimum atomic E-state index is 0.258. The highest BCUT2D eigenvalue weighted by Crippen LogP contribution is 2.50. The maximum absolute atomic E-state index is 12.6. The Hall–Kier alpha value is -0.830. The van der Waals surface area contributed by atoms with Crippen LogP contribution in [0.3, 0.4) is 0 Å². The molecular weight excluding hydrogens is 302 g/mol. The van der Waals surface area contributed by atoms with Crippen molar-refractivity contribution in [1.29, 1.82) is 0 Å². The summed E-state index contributed by atoms with van der Waals surface area (Å²) in [6.07, 6.45) is 4.89. The SMILES string of the molecule is O=C([C@@H]1C[C@@H]1c1cccc(Br)c1)N1C[C@H]2CC[C@H]1C2. The number of hydrogen-bond acceptors (Lipinski definition) is 1. The number of benzene rings is 1. The van der Waals surface area contributed by atoms with E-state index in [-0.39, 0.29) is 5.92 Å². The van der Waals surface area contributed by atoms with Gasteiger partial charge in [-0.15, -0.1) is 0 Å². The molecule has 2 nitrogen and oxygen atoms in total. The first-order chi connectivity index (χ1) is 9.22. The predicted molar refractivity (Wildman–Crippen MR) is 77.8 cm³/mol. The van der Waals surface area contributed by atoms with Gasteiger partial charge in [-0.05, 0) is 55.2 Å². The minimum absolute atomic E-state index is 0.258. The zero-order chi connectivity index (χ0) is 13.0. The van der Waals surface area contributed by atoms with Gasteiger partial charge < -0.3 is 4.90 Å². The Morgan fingerprint density at radius 1 is 1.26 bits per heavy atom. The van der Waals surface area contributed by atoms with E-state index < -0.39 is 0 Å². The van der Waals surface area contributed by atoms with E-state index in [1.54, 1.807) is 0 Å². The Morgan fingerprint density at radius 3 is 2.84 bits per heavy atom. The van der Waals surface area contributed by atoms with E-state index in [4.69, 9.17) is 0 Å². The highest BCUT2D eigenvalue weighted by atomic mass is 79.9. The van der Waals surface area contributed by atoms with Crippen molar-refractivity contribution >= 4 is 21.8 Å². The summed E-state index contributed by atoms with van der Waals surface area (Å²) in [6, 6.07) is 8.99. The molecule has 0 N–H and O–H groups in total. The second kappa shape index (κ2) is 4.34. The van der Waals surface area contributed by atoms with Crippen LogP contribution in [0.4, 0.5) is 0 Å². The number of amides is 1. The maximum Gasteiger partial charge on any atom is 0.226 e. The molecule has 1 aromatic carbocycles. The van der Waals surface area contributed by atoms with Crippen LogP contribution in [0.5, 0.6) is 0 Å². The van der Waals surface area contributed by atoms with Crippen molar-refractivity contribution < 1.29 is 4.79 Å². The van der Waals surface area contributed by atoms with Crippen molar-refractivity contribution in [2.45, 2.75) is 37.6 Å². The molecule has 0 unspecified atom stereocenters. The van der Waals surface area contributed by atoms with Crippen LogP contribution >= 0.6 is 15.9 Å². The molecule has 2 bridgehead atoms. The zero-order valence-corrected chi connectivity index (χ0v) is 12.5. The number of likely N-dealkylation sites (tertiary alicyclic amines) is 1. The highest BCUT2D eigenvalue weighted by Gasteiger charge is 2.50. The molecule has 1 amide bonds. The van der Waals surface area contributed by atoms with Gasteiger partial charge in [0.1, 0.15) is 0 Å². The normalized spacial score (nSPS) is 35.7. The zero-order valence-electron chi connectivity index (χ0n) is 10.9. The van der Waals surface area contributed by atoms with Gasteiger partial charge in [-0.1, -0.05) is 28.1 Å². The third kappa shape index (κ3) is 2.03. The van der Waals surface area contributed by atoms with Crippen molar-refractivity contribution in [1.82, 2.24) is 4.90 Å². The van der Waals surface area contributed by atoms with Crippen molar-refractivity contribution in [2.24, 2.45) is 11.8 Å². The van der Waals surface area contributed by atoms with Gasteiger partial charge in [-0.2, -0.15) is 0 Å². The van der Waals surface area contributed by atoms with Crippen molar-refractivity contribution in [3.63, 3.8) is 0 Å². The number of piperidine rings is 1. The number of nitrogens with zero attached hydrogens (tertiary/aromatic N) is 1. The molecule has 1 heterocycles. The van der Waals surface area contributed by atoms with Crippen LogP contribution in [0.2, 0.25) is 0 Å². The summed E-state index contributed by atoms with van der Waals surface area (Å²) in [5.41, 5.74) is 1.32. The van der Waals surface area contributed by atoms with Crippen LogP contribution in [0, 0.1) is 11.8 Å². The number of halogens is 1. The first-order valence-corrected chi connectivity index (χ1v) is 8.07. The fourth-order valence-corrected chi connectivity index (χ4v) is 4.40. The third-order valence-corrected chi connectivity index (χ3v) is 5.57. The Kier molecular flexibility index (Phi) is 2.73. The monoisotopic (exact) mass is 319 g/mol. The predicted octanol–water partition coefficient (Wildman–Crippen LogP) is 3.56. The molecular formula is C16H18BrNO. The lowest BCUT2D eigenvalue weighted by atomic mass is 10.1. The molecule has 100 valence electrons. The Morgan fingerprint density at radius 2 is 2.16 bits per heavy atom. The summed E-state index contributed by atoms with van der Waals surface area (Å²) >= 11 is 3.51.